The van der Waals surface area contributed by atoms with Gasteiger partial charge >= 0.3 is 0 Å². The Morgan fingerprint density at radius 3 is 2.69 bits per heavy atom. The van der Waals surface area contributed by atoms with Gasteiger partial charge in [-0.1, -0.05) is 48.5 Å². The molecule has 2 amide bonds. The van der Waals surface area contributed by atoms with Crippen molar-refractivity contribution in [2.45, 2.75) is 38.1 Å². The lowest BCUT2D eigenvalue weighted by Crippen LogP contribution is -2.33. The smallest absolute Gasteiger partial charge is 0.227 e. The maximum absolute atomic E-state index is 12.8. The summed E-state index contributed by atoms with van der Waals surface area (Å²) < 4.78 is 0. The van der Waals surface area contributed by atoms with Gasteiger partial charge in [0.1, 0.15) is 0 Å². The van der Waals surface area contributed by atoms with Crippen LogP contribution in [0.15, 0.2) is 54.6 Å². The summed E-state index contributed by atoms with van der Waals surface area (Å²) in [5, 5.41) is 2.97. The number of nitrogens with zero attached hydrogens (tertiary/aromatic N) is 1. The number of carbonyl (C=O) groups is 2. The van der Waals surface area contributed by atoms with Crippen molar-refractivity contribution < 1.29 is 9.59 Å². The number of hydrogen-bond donors (Lipinski definition) is 1. The standard InChI is InChI=1S/C22H24N2O2/c25-21(24-14-6-11-20(24)16-7-2-1-3-8-16)13-12-18-15-17-9-4-5-10-19(17)23-22(18)26/h1-5,7-10,18,20H,6,11-15H2,(H,23,26). The zero-order chi connectivity index (χ0) is 17.9. The summed E-state index contributed by atoms with van der Waals surface area (Å²) in [6.45, 7) is 0.818. The van der Waals surface area contributed by atoms with E-state index >= 15 is 0 Å². The normalized spacial score (nSPS) is 22.0. The summed E-state index contributed by atoms with van der Waals surface area (Å²) in [6, 6.07) is 18.4. The van der Waals surface area contributed by atoms with Crippen LogP contribution in [-0.2, 0) is 16.0 Å². The molecule has 2 aromatic carbocycles. The fraction of sp³-hybridized carbons (Fsp3) is 0.364. The molecule has 2 atom stereocenters. The minimum absolute atomic E-state index is 0.0394. The topological polar surface area (TPSA) is 49.4 Å². The fourth-order valence-corrected chi connectivity index (χ4v) is 4.17. The van der Waals surface area contributed by atoms with E-state index in [1.54, 1.807) is 0 Å². The van der Waals surface area contributed by atoms with Gasteiger partial charge in [0.05, 0.1) is 6.04 Å². The van der Waals surface area contributed by atoms with Crippen LogP contribution in [0.4, 0.5) is 5.69 Å². The molecule has 2 aliphatic heterocycles. The van der Waals surface area contributed by atoms with Crippen molar-refractivity contribution in [1.29, 1.82) is 0 Å². The van der Waals surface area contributed by atoms with Crippen LogP contribution in [0.5, 0.6) is 0 Å². The van der Waals surface area contributed by atoms with E-state index < -0.39 is 0 Å². The molecule has 0 saturated carbocycles. The highest BCUT2D eigenvalue weighted by atomic mass is 16.2. The Morgan fingerprint density at radius 1 is 1.08 bits per heavy atom. The van der Waals surface area contributed by atoms with Gasteiger partial charge in [-0.05, 0) is 42.9 Å². The minimum Gasteiger partial charge on any atom is -0.336 e. The summed E-state index contributed by atoms with van der Waals surface area (Å²) in [4.78, 5) is 27.2. The molecule has 0 radical (unpaired) electrons. The molecule has 4 heteroatoms. The summed E-state index contributed by atoms with van der Waals surface area (Å²) in [7, 11) is 0. The number of carbonyl (C=O) groups excluding carboxylic acids is 2. The number of nitrogens with one attached hydrogen (secondary N) is 1. The number of anilines is 1. The van der Waals surface area contributed by atoms with E-state index in [1.165, 1.54) is 5.56 Å². The van der Waals surface area contributed by atoms with E-state index in [4.69, 9.17) is 0 Å². The van der Waals surface area contributed by atoms with Crippen molar-refractivity contribution in [3.63, 3.8) is 0 Å². The number of amides is 2. The maximum Gasteiger partial charge on any atom is 0.227 e. The van der Waals surface area contributed by atoms with Gasteiger partial charge < -0.3 is 10.2 Å². The molecule has 0 spiro atoms. The highest BCUT2D eigenvalue weighted by Crippen LogP contribution is 2.33. The third kappa shape index (κ3) is 3.36. The second-order valence-electron chi connectivity index (χ2n) is 7.24. The first-order chi connectivity index (χ1) is 12.7. The summed E-state index contributed by atoms with van der Waals surface area (Å²) in [5.74, 6) is 0.0900. The SMILES string of the molecule is O=C1Nc2ccccc2CC1CCC(=O)N1CCCC1c1ccccc1. The summed E-state index contributed by atoms with van der Waals surface area (Å²) >= 11 is 0. The number of hydrogen-bond acceptors (Lipinski definition) is 2. The Morgan fingerprint density at radius 2 is 1.85 bits per heavy atom. The molecule has 134 valence electrons. The molecule has 26 heavy (non-hydrogen) atoms. The number of rotatable bonds is 4. The Bertz CT molecular complexity index is 803. The van der Waals surface area contributed by atoms with Crippen molar-refractivity contribution >= 4 is 17.5 Å². The Kier molecular flexibility index (Phi) is 4.74. The second-order valence-corrected chi connectivity index (χ2v) is 7.24. The lowest BCUT2D eigenvalue weighted by molar-refractivity contribution is -0.132. The van der Waals surface area contributed by atoms with Crippen molar-refractivity contribution in [2.75, 3.05) is 11.9 Å². The van der Waals surface area contributed by atoms with Gasteiger partial charge in [0.15, 0.2) is 0 Å². The molecule has 0 bridgehead atoms. The molecule has 0 aromatic heterocycles. The zero-order valence-electron chi connectivity index (χ0n) is 14.9. The monoisotopic (exact) mass is 348 g/mol. The van der Waals surface area contributed by atoms with Crippen LogP contribution in [0.1, 0.15) is 42.9 Å². The average molecular weight is 348 g/mol. The van der Waals surface area contributed by atoms with Crippen LogP contribution in [0.3, 0.4) is 0 Å². The van der Waals surface area contributed by atoms with E-state index in [0.717, 1.165) is 37.1 Å². The van der Waals surface area contributed by atoms with Crippen molar-refractivity contribution in [2.24, 2.45) is 5.92 Å². The van der Waals surface area contributed by atoms with E-state index in [1.807, 2.05) is 41.3 Å². The molecule has 0 aliphatic carbocycles. The molecule has 1 saturated heterocycles. The van der Waals surface area contributed by atoms with Crippen LogP contribution in [-0.4, -0.2) is 23.3 Å². The van der Waals surface area contributed by atoms with Crippen molar-refractivity contribution in [1.82, 2.24) is 4.90 Å². The Balaban J connectivity index is 1.39. The second kappa shape index (κ2) is 7.32. The molecule has 2 heterocycles. The zero-order valence-corrected chi connectivity index (χ0v) is 14.9. The first-order valence-corrected chi connectivity index (χ1v) is 9.45. The molecule has 2 aliphatic rings. The number of fused-ring (bicyclic) bond motifs is 1. The van der Waals surface area contributed by atoms with Crippen LogP contribution >= 0.6 is 0 Å². The van der Waals surface area contributed by atoms with Crippen LogP contribution < -0.4 is 5.32 Å². The van der Waals surface area contributed by atoms with E-state index in [-0.39, 0.29) is 23.8 Å². The van der Waals surface area contributed by atoms with E-state index in [2.05, 4.69) is 23.5 Å². The first-order valence-electron chi connectivity index (χ1n) is 9.45. The maximum atomic E-state index is 12.8. The Labute approximate surface area is 154 Å². The van der Waals surface area contributed by atoms with E-state index in [9.17, 15) is 9.59 Å². The summed E-state index contributed by atoms with van der Waals surface area (Å²) in [6.07, 6.45) is 3.83. The minimum atomic E-state index is -0.119. The van der Waals surface area contributed by atoms with Gasteiger partial charge in [0.25, 0.3) is 0 Å². The first kappa shape index (κ1) is 16.8. The number of likely N-dealkylation sites (tertiary alicyclic amines) is 1. The molecule has 1 fully saturated rings. The third-order valence-corrected chi connectivity index (χ3v) is 5.58. The van der Waals surface area contributed by atoms with Crippen molar-refractivity contribution in [3.05, 3.63) is 65.7 Å². The van der Waals surface area contributed by atoms with Gasteiger partial charge in [0, 0.05) is 24.6 Å². The average Bonchev–Trinajstić information content (AvgIpc) is 3.17. The molecule has 4 nitrogen and oxygen atoms in total. The van der Waals surface area contributed by atoms with Crippen molar-refractivity contribution in [3.8, 4) is 0 Å². The fourth-order valence-electron chi connectivity index (χ4n) is 4.17. The highest BCUT2D eigenvalue weighted by Gasteiger charge is 2.31. The Hall–Kier alpha value is -2.62. The van der Waals surface area contributed by atoms with Gasteiger partial charge in [-0.2, -0.15) is 0 Å². The third-order valence-electron chi connectivity index (χ3n) is 5.58. The quantitative estimate of drug-likeness (QED) is 0.910. The molecular formula is C22H24N2O2. The number of benzene rings is 2. The largest absolute Gasteiger partial charge is 0.336 e. The highest BCUT2D eigenvalue weighted by molar-refractivity contribution is 5.96. The van der Waals surface area contributed by atoms with Crippen LogP contribution in [0, 0.1) is 5.92 Å². The summed E-state index contributed by atoms with van der Waals surface area (Å²) in [5.41, 5.74) is 3.28. The van der Waals surface area contributed by atoms with Gasteiger partial charge in [-0.3, -0.25) is 9.59 Å². The predicted molar refractivity (Wildman–Crippen MR) is 102 cm³/mol. The molecule has 1 N–H and O–H groups in total. The lowest BCUT2D eigenvalue weighted by Gasteiger charge is -2.27. The molecular weight excluding hydrogens is 324 g/mol. The van der Waals surface area contributed by atoms with Gasteiger partial charge in [-0.25, -0.2) is 0 Å². The predicted octanol–water partition coefficient (Wildman–Crippen LogP) is 3.94. The lowest BCUT2D eigenvalue weighted by atomic mass is 9.89. The molecule has 4 rings (SSSR count). The number of para-hydroxylation sites is 1. The van der Waals surface area contributed by atoms with Crippen LogP contribution in [0.25, 0.3) is 0 Å². The molecule has 2 aromatic rings. The van der Waals surface area contributed by atoms with Gasteiger partial charge in [0.2, 0.25) is 11.8 Å². The van der Waals surface area contributed by atoms with Crippen LogP contribution in [0.2, 0.25) is 0 Å². The van der Waals surface area contributed by atoms with E-state index in [0.29, 0.717) is 12.8 Å². The molecule has 2 unspecified atom stereocenters. The van der Waals surface area contributed by atoms with Gasteiger partial charge in [-0.15, -0.1) is 0 Å².